The molecule has 0 saturated carbocycles. The van der Waals surface area contributed by atoms with Crippen LogP contribution in [0.5, 0.6) is 0 Å². The zero-order valence-corrected chi connectivity index (χ0v) is 8.23. The van der Waals surface area contributed by atoms with E-state index in [1.807, 2.05) is 0 Å². The van der Waals surface area contributed by atoms with E-state index in [0.29, 0.717) is 5.82 Å². The van der Waals surface area contributed by atoms with Crippen LogP contribution in [0.4, 0.5) is 5.82 Å². The van der Waals surface area contributed by atoms with Gasteiger partial charge in [-0.05, 0) is 18.6 Å². The Morgan fingerprint density at radius 3 is 2.87 bits per heavy atom. The van der Waals surface area contributed by atoms with E-state index in [4.69, 9.17) is 12.2 Å². The molecule has 3 N–H and O–H groups in total. The van der Waals surface area contributed by atoms with Crippen LogP contribution in [-0.4, -0.2) is 22.6 Å². The number of unbranched alkanes of at least 4 members (excludes halogenated alkanes) is 1. The molecule has 0 spiro atoms. The van der Waals surface area contributed by atoms with Crippen molar-refractivity contribution >= 4 is 11.7 Å². The van der Waals surface area contributed by atoms with E-state index in [9.17, 15) is 4.79 Å². The van der Waals surface area contributed by atoms with Crippen LogP contribution >= 0.6 is 0 Å². The van der Waals surface area contributed by atoms with Gasteiger partial charge in [0, 0.05) is 13.0 Å². The van der Waals surface area contributed by atoms with Crippen molar-refractivity contribution in [2.24, 2.45) is 5.73 Å². The van der Waals surface area contributed by atoms with Crippen molar-refractivity contribution < 1.29 is 4.79 Å². The number of aromatic nitrogens is 2. The van der Waals surface area contributed by atoms with E-state index in [0.717, 1.165) is 19.4 Å². The Morgan fingerprint density at radius 2 is 2.33 bits per heavy atom. The maximum atomic E-state index is 10.7. The average molecular weight is 204 g/mol. The summed E-state index contributed by atoms with van der Waals surface area (Å²) in [5.74, 6) is 2.57. The van der Waals surface area contributed by atoms with Crippen LogP contribution in [0.25, 0.3) is 0 Å². The molecule has 5 heteroatoms. The highest BCUT2D eigenvalue weighted by molar-refractivity contribution is 5.90. The maximum Gasteiger partial charge on any atom is 0.269 e. The highest BCUT2D eigenvalue weighted by atomic mass is 16.1. The van der Waals surface area contributed by atoms with Gasteiger partial charge in [0.15, 0.2) is 5.69 Å². The van der Waals surface area contributed by atoms with E-state index < -0.39 is 5.91 Å². The topological polar surface area (TPSA) is 80.9 Å². The van der Waals surface area contributed by atoms with Gasteiger partial charge in [0.1, 0.15) is 5.82 Å². The lowest BCUT2D eigenvalue weighted by molar-refractivity contribution is 0.0994. The number of anilines is 1. The molecular formula is C10H12N4O. The Labute approximate surface area is 88.1 Å². The fourth-order valence-electron chi connectivity index (χ4n) is 0.965. The van der Waals surface area contributed by atoms with Crippen LogP contribution in [0.1, 0.15) is 23.3 Å². The smallest absolute Gasteiger partial charge is 0.269 e. The van der Waals surface area contributed by atoms with Gasteiger partial charge in [-0.1, -0.05) is 0 Å². The number of nitrogens with zero attached hydrogens (tertiary/aromatic N) is 2. The number of carbonyl (C=O) groups excluding carboxylic acids is 1. The van der Waals surface area contributed by atoms with Gasteiger partial charge in [0.2, 0.25) is 0 Å². The molecule has 78 valence electrons. The van der Waals surface area contributed by atoms with Crippen molar-refractivity contribution in [3.63, 3.8) is 0 Å². The molecule has 0 fully saturated rings. The second-order valence-corrected chi connectivity index (χ2v) is 2.90. The number of hydrogen-bond donors (Lipinski definition) is 2. The Kier molecular flexibility index (Phi) is 4.10. The molecule has 0 aliphatic rings. The zero-order valence-electron chi connectivity index (χ0n) is 8.23. The van der Waals surface area contributed by atoms with Crippen molar-refractivity contribution in [2.75, 3.05) is 11.9 Å². The predicted octanol–water partition coefficient (Wildman–Crippen LogP) is 0.401. The highest BCUT2D eigenvalue weighted by Gasteiger charge is 2.01. The van der Waals surface area contributed by atoms with Crippen molar-refractivity contribution in [2.45, 2.75) is 12.8 Å². The highest BCUT2D eigenvalue weighted by Crippen LogP contribution is 2.01. The molecule has 1 amide bonds. The molecular weight excluding hydrogens is 192 g/mol. The molecule has 1 heterocycles. The second-order valence-electron chi connectivity index (χ2n) is 2.90. The zero-order chi connectivity index (χ0) is 11.1. The van der Waals surface area contributed by atoms with E-state index in [1.54, 1.807) is 6.07 Å². The summed E-state index contributed by atoms with van der Waals surface area (Å²) >= 11 is 0. The molecule has 0 aromatic carbocycles. The molecule has 1 rings (SSSR count). The van der Waals surface area contributed by atoms with Crippen molar-refractivity contribution in [1.82, 2.24) is 10.2 Å². The first-order valence-corrected chi connectivity index (χ1v) is 4.55. The first kappa shape index (κ1) is 11.0. The minimum absolute atomic E-state index is 0.157. The van der Waals surface area contributed by atoms with E-state index in [1.165, 1.54) is 6.07 Å². The molecule has 15 heavy (non-hydrogen) atoms. The molecule has 0 saturated heterocycles. The first-order valence-electron chi connectivity index (χ1n) is 4.55. The number of rotatable bonds is 5. The third kappa shape index (κ3) is 3.65. The van der Waals surface area contributed by atoms with Crippen LogP contribution in [0, 0.1) is 12.3 Å². The third-order valence-electron chi connectivity index (χ3n) is 1.72. The molecule has 1 aromatic rings. The van der Waals surface area contributed by atoms with Gasteiger partial charge >= 0.3 is 0 Å². The first-order chi connectivity index (χ1) is 7.24. The Bertz CT molecular complexity index is 366. The molecule has 1 aromatic heterocycles. The van der Waals surface area contributed by atoms with Crippen LogP contribution < -0.4 is 11.1 Å². The molecule has 5 nitrogen and oxygen atoms in total. The maximum absolute atomic E-state index is 10.7. The van der Waals surface area contributed by atoms with E-state index >= 15 is 0 Å². The minimum Gasteiger partial charge on any atom is -0.369 e. The number of amides is 1. The number of terminal acetylenes is 1. The van der Waals surface area contributed by atoms with Gasteiger partial charge in [-0.3, -0.25) is 4.79 Å². The fourth-order valence-corrected chi connectivity index (χ4v) is 0.965. The summed E-state index contributed by atoms with van der Waals surface area (Å²) in [7, 11) is 0. The minimum atomic E-state index is -0.582. The average Bonchev–Trinajstić information content (AvgIpc) is 2.25. The van der Waals surface area contributed by atoms with Crippen LogP contribution in [0.2, 0.25) is 0 Å². The lowest BCUT2D eigenvalue weighted by Gasteiger charge is -2.02. The Morgan fingerprint density at radius 1 is 1.53 bits per heavy atom. The Hall–Kier alpha value is -2.09. The normalized spacial score (nSPS) is 9.27. The van der Waals surface area contributed by atoms with Crippen molar-refractivity contribution in [3.05, 3.63) is 17.8 Å². The number of nitrogens with two attached hydrogens (primary N) is 1. The monoisotopic (exact) mass is 204 g/mol. The lowest BCUT2D eigenvalue weighted by Crippen LogP contribution is -2.14. The fraction of sp³-hybridized carbons (Fsp3) is 0.300. The van der Waals surface area contributed by atoms with Crippen molar-refractivity contribution in [1.29, 1.82) is 0 Å². The van der Waals surface area contributed by atoms with Crippen molar-refractivity contribution in [3.8, 4) is 12.3 Å². The van der Waals surface area contributed by atoms with E-state index in [-0.39, 0.29) is 5.69 Å². The van der Waals surface area contributed by atoms with Gasteiger partial charge in [-0.15, -0.1) is 22.5 Å². The predicted molar refractivity (Wildman–Crippen MR) is 57.1 cm³/mol. The SMILES string of the molecule is C#CCCCNc1ccc(C(N)=O)nn1. The quantitative estimate of drug-likeness (QED) is 0.537. The standard InChI is InChI=1S/C10H12N4O/c1-2-3-4-7-12-9-6-5-8(10(11)15)13-14-9/h1,5-6H,3-4,7H2,(H2,11,15)(H,12,14). The lowest BCUT2D eigenvalue weighted by atomic mass is 10.3. The number of primary amides is 1. The second kappa shape index (κ2) is 5.60. The summed E-state index contributed by atoms with van der Waals surface area (Å²) in [6, 6.07) is 3.18. The molecule has 0 atom stereocenters. The summed E-state index contributed by atoms with van der Waals surface area (Å²) in [4.78, 5) is 10.7. The van der Waals surface area contributed by atoms with Gasteiger partial charge in [0.25, 0.3) is 5.91 Å². The molecule has 0 radical (unpaired) electrons. The third-order valence-corrected chi connectivity index (χ3v) is 1.72. The van der Waals surface area contributed by atoms with Gasteiger partial charge < -0.3 is 11.1 Å². The number of hydrogen-bond acceptors (Lipinski definition) is 4. The van der Waals surface area contributed by atoms with Gasteiger partial charge in [0.05, 0.1) is 0 Å². The summed E-state index contributed by atoms with van der Waals surface area (Å²) < 4.78 is 0. The summed E-state index contributed by atoms with van der Waals surface area (Å²) in [6.45, 7) is 0.731. The molecule has 0 unspecified atom stereocenters. The number of nitrogens with one attached hydrogen (secondary N) is 1. The summed E-state index contributed by atoms with van der Waals surface area (Å²) in [5.41, 5.74) is 5.18. The molecule has 0 bridgehead atoms. The summed E-state index contributed by atoms with van der Waals surface area (Å²) in [6.07, 6.45) is 6.70. The van der Waals surface area contributed by atoms with Crippen LogP contribution in [0.3, 0.4) is 0 Å². The Balaban J connectivity index is 2.43. The number of carbonyl (C=O) groups is 1. The van der Waals surface area contributed by atoms with Crippen LogP contribution in [0.15, 0.2) is 12.1 Å². The summed E-state index contributed by atoms with van der Waals surface area (Å²) in [5, 5.41) is 10.5. The molecule has 0 aliphatic carbocycles. The van der Waals surface area contributed by atoms with E-state index in [2.05, 4.69) is 21.4 Å². The van der Waals surface area contributed by atoms with Gasteiger partial charge in [-0.25, -0.2) is 0 Å². The van der Waals surface area contributed by atoms with Gasteiger partial charge in [-0.2, -0.15) is 0 Å². The largest absolute Gasteiger partial charge is 0.369 e. The van der Waals surface area contributed by atoms with Crippen LogP contribution in [-0.2, 0) is 0 Å². The molecule has 0 aliphatic heterocycles.